The van der Waals surface area contributed by atoms with Crippen molar-refractivity contribution in [1.82, 2.24) is 0 Å². The van der Waals surface area contributed by atoms with Crippen LogP contribution in [0.2, 0.25) is 0 Å². The first-order chi connectivity index (χ1) is 10.7. The Labute approximate surface area is 138 Å². The van der Waals surface area contributed by atoms with E-state index in [1.54, 1.807) is 0 Å². The Hall–Kier alpha value is -0.670. The smallest absolute Gasteiger partial charge is 0.155 e. The van der Waals surface area contributed by atoms with Crippen molar-refractivity contribution in [3.63, 3.8) is 0 Å². The Morgan fingerprint density at radius 1 is 1.13 bits per heavy atom. The highest BCUT2D eigenvalue weighted by atomic mass is 16.6. The summed E-state index contributed by atoms with van der Waals surface area (Å²) in [5.74, 6) is 1.41. The molecule has 3 heteroatoms. The van der Waals surface area contributed by atoms with E-state index in [1.165, 1.54) is 5.57 Å². The van der Waals surface area contributed by atoms with Crippen LogP contribution in [-0.4, -0.2) is 28.2 Å². The molecule has 0 aromatic heterocycles. The molecule has 0 unspecified atom stereocenters. The molecule has 0 radical (unpaired) electrons. The van der Waals surface area contributed by atoms with Gasteiger partial charge in [0.05, 0.1) is 11.7 Å². The summed E-state index contributed by atoms with van der Waals surface area (Å²) in [6.45, 7) is 6.69. The molecule has 5 aliphatic rings. The summed E-state index contributed by atoms with van der Waals surface area (Å²) in [5, 5.41) is 11.0. The lowest BCUT2D eigenvalue weighted by Gasteiger charge is -2.56. The molecule has 1 N–H and O–H groups in total. The van der Waals surface area contributed by atoms with E-state index in [9.17, 15) is 9.90 Å². The lowest BCUT2D eigenvalue weighted by molar-refractivity contribution is -0.118. The Balaban J connectivity index is 1.60. The van der Waals surface area contributed by atoms with Crippen LogP contribution in [-0.2, 0) is 9.53 Å². The Bertz CT molecular complexity index is 635. The van der Waals surface area contributed by atoms with Crippen LogP contribution in [0, 0.1) is 22.7 Å². The second-order valence-corrected chi connectivity index (χ2v) is 9.55. The number of carbonyl (C=O) groups excluding carboxylic acids is 1. The predicted molar refractivity (Wildman–Crippen MR) is 86.8 cm³/mol. The van der Waals surface area contributed by atoms with Crippen molar-refractivity contribution >= 4 is 5.78 Å². The van der Waals surface area contributed by atoms with Crippen LogP contribution in [0.3, 0.4) is 0 Å². The molecule has 3 saturated carbocycles. The standard InChI is InChI=1S/C20H28O3/c1-17-8-6-13(21)10-12(17)4-5-15-14-7-9-19(3,22)18(14,2)11-16-20(15,17)23-16/h10,14-16,22H,4-9,11H2,1-3H3/t14-,15-,16+,17-,18-,19-,20-/m0/s1. The van der Waals surface area contributed by atoms with Gasteiger partial charge in [-0.05, 0) is 63.4 Å². The number of epoxide rings is 1. The minimum atomic E-state index is -0.560. The van der Waals surface area contributed by atoms with Crippen molar-refractivity contribution in [1.29, 1.82) is 0 Å². The Kier molecular flexibility index (Phi) is 2.51. The highest BCUT2D eigenvalue weighted by Gasteiger charge is 2.80. The summed E-state index contributed by atoms with van der Waals surface area (Å²) < 4.78 is 6.51. The van der Waals surface area contributed by atoms with Gasteiger partial charge in [-0.2, -0.15) is 0 Å². The maximum Gasteiger partial charge on any atom is 0.155 e. The van der Waals surface area contributed by atoms with Gasteiger partial charge in [0.25, 0.3) is 0 Å². The number of ether oxygens (including phenoxy) is 1. The molecule has 0 bridgehead atoms. The van der Waals surface area contributed by atoms with Crippen molar-refractivity contribution in [2.45, 2.75) is 83.0 Å². The molecule has 5 rings (SSSR count). The second-order valence-electron chi connectivity index (χ2n) is 9.55. The molecule has 7 atom stereocenters. The third-order valence-corrected chi connectivity index (χ3v) is 8.90. The number of ketones is 1. The number of carbonyl (C=O) groups is 1. The van der Waals surface area contributed by atoms with Gasteiger partial charge in [-0.3, -0.25) is 4.79 Å². The largest absolute Gasteiger partial charge is 0.390 e. The minimum absolute atomic E-state index is 0.00953. The van der Waals surface area contributed by atoms with Gasteiger partial charge < -0.3 is 9.84 Å². The summed E-state index contributed by atoms with van der Waals surface area (Å²) in [5.41, 5.74) is 0.785. The fraction of sp³-hybridized carbons (Fsp3) is 0.850. The second kappa shape index (κ2) is 3.94. The summed E-state index contributed by atoms with van der Waals surface area (Å²) in [6.07, 6.45) is 9.03. The van der Waals surface area contributed by atoms with E-state index in [2.05, 4.69) is 13.8 Å². The van der Waals surface area contributed by atoms with Crippen molar-refractivity contribution in [2.24, 2.45) is 22.7 Å². The number of rotatable bonds is 0. The van der Waals surface area contributed by atoms with Crippen molar-refractivity contribution in [2.75, 3.05) is 0 Å². The van der Waals surface area contributed by atoms with E-state index in [0.29, 0.717) is 24.0 Å². The van der Waals surface area contributed by atoms with Gasteiger partial charge >= 0.3 is 0 Å². The summed E-state index contributed by atoms with van der Waals surface area (Å²) in [4.78, 5) is 11.9. The summed E-state index contributed by atoms with van der Waals surface area (Å²) >= 11 is 0. The van der Waals surface area contributed by atoms with Crippen LogP contribution in [0.4, 0.5) is 0 Å². The molecule has 4 aliphatic carbocycles. The zero-order chi connectivity index (χ0) is 16.3. The SMILES string of the molecule is C[C@]1(O)CC[C@H]2[C@@H]3CCC4=CC(=O)CC[C@]4(C)[C@]34O[C@@H]4C[C@@]21C. The molecule has 1 aliphatic heterocycles. The Morgan fingerprint density at radius 2 is 1.91 bits per heavy atom. The lowest BCUT2D eigenvalue weighted by Crippen LogP contribution is -2.59. The van der Waals surface area contributed by atoms with Crippen molar-refractivity contribution in [3.8, 4) is 0 Å². The average molecular weight is 316 g/mol. The topological polar surface area (TPSA) is 49.8 Å². The number of hydrogen-bond donors (Lipinski definition) is 1. The third-order valence-electron chi connectivity index (χ3n) is 8.90. The first kappa shape index (κ1) is 14.7. The molecule has 4 fully saturated rings. The van der Waals surface area contributed by atoms with Crippen LogP contribution < -0.4 is 0 Å². The normalized spacial score (nSPS) is 60.3. The minimum Gasteiger partial charge on any atom is -0.390 e. The highest BCUT2D eigenvalue weighted by Crippen LogP contribution is 2.76. The van der Waals surface area contributed by atoms with Gasteiger partial charge in [0.2, 0.25) is 0 Å². The molecule has 23 heavy (non-hydrogen) atoms. The van der Waals surface area contributed by atoms with Crippen molar-refractivity contribution < 1.29 is 14.6 Å². The molecule has 1 spiro atoms. The van der Waals surface area contributed by atoms with Crippen LogP contribution >= 0.6 is 0 Å². The lowest BCUT2D eigenvalue weighted by atomic mass is 9.46. The monoisotopic (exact) mass is 316 g/mol. The molecule has 1 saturated heterocycles. The van der Waals surface area contributed by atoms with Crippen molar-refractivity contribution in [3.05, 3.63) is 11.6 Å². The van der Waals surface area contributed by atoms with Crippen LogP contribution in [0.15, 0.2) is 11.6 Å². The molecule has 0 amide bonds. The molecule has 0 aromatic rings. The number of fused-ring (bicyclic) bond motifs is 3. The van der Waals surface area contributed by atoms with Crippen LogP contribution in [0.1, 0.15) is 65.7 Å². The highest BCUT2D eigenvalue weighted by molar-refractivity contribution is 5.91. The van der Waals surface area contributed by atoms with E-state index in [-0.39, 0.29) is 22.5 Å². The first-order valence-corrected chi connectivity index (χ1v) is 9.39. The van der Waals surface area contributed by atoms with Gasteiger partial charge in [-0.1, -0.05) is 19.4 Å². The van der Waals surface area contributed by atoms with E-state index < -0.39 is 5.60 Å². The fourth-order valence-electron chi connectivity index (χ4n) is 7.24. The molecular weight excluding hydrogens is 288 g/mol. The van der Waals surface area contributed by atoms with E-state index in [1.807, 2.05) is 13.0 Å². The van der Waals surface area contributed by atoms with Gasteiger partial charge in [-0.15, -0.1) is 0 Å². The molecular formula is C20H28O3. The van der Waals surface area contributed by atoms with Gasteiger partial charge in [0.15, 0.2) is 5.78 Å². The van der Waals surface area contributed by atoms with Gasteiger partial charge in [-0.25, -0.2) is 0 Å². The van der Waals surface area contributed by atoms with E-state index >= 15 is 0 Å². The predicted octanol–water partition coefficient (Wildman–Crippen LogP) is 3.40. The number of hydrogen-bond acceptors (Lipinski definition) is 3. The number of aliphatic hydroxyl groups is 1. The van der Waals surface area contributed by atoms with E-state index in [4.69, 9.17) is 4.74 Å². The van der Waals surface area contributed by atoms with Crippen LogP contribution in [0.5, 0.6) is 0 Å². The third kappa shape index (κ3) is 1.44. The molecule has 0 aromatic carbocycles. The van der Waals surface area contributed by atoms with Crippen LogP contribution in [0.25, 0.3) is 0 Å². The summed E-state index contributed by atoms with van der Waals surface area (Å²) in [7, 11) is 0. The zero-order valence-corrected chi connectivity index (χ0v) is 14.5. The van der Waals surface area contributed by atoms with Gasteiger partial charge in [0.1, 0.15) is 5.60 Å². The zero-order valence-electron chi connectivity index (χ0n) is 14.5. The van der Waals surface area contributed by atoms with E-state index in [0.717, 1.165) is 38.5 Å². The quantitative estimate of drug-likeness (QED) is 0.697. The average Bonchev–Trinajstić information content (AvgIpc) is 3.14. The molecule has 1 heterocycles. The van der Waals surface area contributed by atoms with Gasteiger partial charge in [0, 0.05) is 17.3 Å². The Morgan fingerprint density at radius 3 is 2.70 bits per heavy atom. The fourth-order valence-corrected chi connectivity index (χ4v) is 7.24. The first-order valence-electron chi connectivity index (χ1n) is 9.39. The maximum atomic E-state index is 11.9. The maximum absolute atomic E-state index is 11.9. The summed E-state index contributed by atoms with van der Waals surface area (Å²) in [6, 6.07) is 0. The molecule has 126 valence electrons. The molecule has 3 nitrogen and oxygen atoms in total.